The van der Waals surface area contributed by atoms with Gasteiger partial charge in [-0.15, -0.1) is 0 Å². The molecule has 0 bridgehead atoms. The number of para-hydroxylation sites is 1. The number of carbonyl (C=O) groups is 1. The summed E-state index contributed by atoms with van der Waals surface area (Å²) in [7, 11) is 2.05. The van der Waals surface area contributed by atoms with Gasteiger partial charge in [-0.1, -0.05) is 54.6 Å². The van der Waals surface area contributed by atoms with E-state index < -0.39 is 0 Å². The molecule has 1 unspecified atom stereocenters. The maximum atomic E-state index is 12.8. The van der Waals surface area contributed by atoms with Crippen LogP contribution in [0.4, 0.5) is 0 Å². The molecule has 0 aliphatic rings. The lowest BCUT2D eigenvalue weighted by molar-refractivity contribution is -0.121. The summed E-state index contributed by atoms with van der Waals surface area (Å²) in [5.74, 6) is 0.0341. The lowest BCUT2D eigenvalue weighted by atomic mass is 9.88. The van der Waals surface area contributed by atoms with Crippen molar-refractivity contribution in [2.45, 2.75) is 18.9 Å². The molecule has 1 N–H and O–H groups in total. The van der Waals surface area contributed by atoms with Gasteiger partial charge < -0.3 is 9.88 Å². The van der Waals surface area contributed by atoms with Gasteiger partial charge in [-0.05, 0) is 28.8 Å². The van der Waals surface area contributed by atoms with Gasteiger partial charge in [0.25, 0.3) is 0 Å². The van der Waals surface area contributed by atoms with E-state index in [1.807, 2.05) is 36.4 Å². The zero-order chi connectivity index (χ0) is 19.3. The van der Waals surface area contributed by atoms with E-state index in [9.17, 15) is 4.79 Å². The second kappa shape index (κ2) is 8.09. The van der Waals surface area contributed by atoms with Gasteiger partial charge in [-0.2, -0.15) is 0 Å². The normalized spacial score (nSPS) is 12.0. The van der Waals surface area contributed by atoms with Gasteiger partial charge in [-0.3, -0.25) is 9.78 Å². The Morgan fingerprint density at radius 3 is 2.61 bits per heavy atom. The van der Waals surface area contributed by atoms with Crippen LogP contribution in [-0.2, 0) is 18.4 Å². The second-order valence-electron chi connectivity index (χ2n) is 7.02. The minimum absolute atomic E-state index is 0.00111. The third kappa shape index (κ3) is 3.81. The number of nitrogens with one attached hydrogen (secondary N) is 1. The molecule has 0 fully saturated rings. The molecule has 0 aliphatic carbocycles. The molecule has 4 rings (SSSR count). The summed E-state index contributed by atoms with van der Waals surface area (Å²) in [5.41, 5.74) is 4.50. The Balaban J connectivity index is 1.62. The SMILES string of the molecule is Cn1cc(C(CC(=O)NCc2cccnc2)c2ccccc2)c2ccccc21. The molecule has 4 aromatic rings. The third-order valence-electron chi connectivity index (χ3n) is 5.11. The summed E-state index contributed by atoms with van der Waals surface area (Å²) >= 11 is 0. The van der Waals surface area contributed by atoms with E-state index in [1.54, 1.807) is 12.4 Å². The van der Waals surface area contributed by atoms with Crippen LogP contribution in [0.3, 0.4) is 0 Å². The van der Waals surface area contributed by atoms with Gasteiger partial charge in [0.05, 0.1) is 0 Å². The zero-order valence-electron chi connectivity index (χ0n) is 15.9. The van der Waals surface area contributed by atoms with Crippen LogP contribution in [0.2, 0.25) is 0 Å². The highest BCUT2D eigenvalue weighted by atomic mass is 16.1. The highest BCUT2D eigenvalue weighted by Gasteiger charge is 2.22. The van der Waals surface area contributed by atoms with Gasteiger partial charge in [0.2, 0.25) is 5.91 Å². The van der Waals surface area contributed by atoms with E-state index in [2.05, 4.69) is 58.4 Å². The number of rotatable bonds is 6. The van der Waals surface area contributed by atoms with Crippen LogP contribution in [-0.4, -0.2) is 15.5 Å². The minimum Gasteiger partial charge on any atom is -0.352 e. The monoisotopic (exact) mass is 369 g/mol. The number of nitrogens with zero attached hydrogens (tertiary/aromatic N) is 2. The largest absolute Gasteiger partial charge is 0.352 e. The summed E-state index contributed by atoms with van der Waals surface area (Å²) in [6, 6.07) is 22.4. The Kier molecular flexibility index (Phi) is 5.20. The average molecular weight is 369 g/mol. The average Bonchev–Trinajstić information content (AvgIpc) is 3.08. The van der Waals surface area contributed by atoms with E-state index in [-0.39, 0.29) is 11.8 Å². The molecule has 4 nitrogen and oxygen atoms in total. The molecule has 0 spiro atoms. The van der Waals surface area contributed by atoms with Crippen LogP contribution in [0.1, 0.15) is 29.0 Å². The maximum Gasteiger partial charge on any atom is 0.221 e. The molecule has 0 saturated heterocycles. The Bertz CT molecular complexity index is 1070. The molecule has 1 amide bonds. The standard InChI is InChI=1S/C24H23N3O/c1-27-17-22(20-11-5-6-12-23(20)27)21(19-9-3-2-4-10-19)14-24(28)26-16-18-8-7-13-25-15-18/h2-13,15,17,21H,14,16H2,1H3,(H,26,28). The predicted octanol–water partition coefficient (Wildman–Crippen LogP) is 4.41. The first kappa shape index (κ1) is 18.0. The van der Waals surface area contributed by atoms with Crippen molar-refractivity contribution >= 4 is 16.8 Å². The van der Waals surface area contributed by atoms with E-state index >= 15 is 0 Å². The lowest BCUT2D eigenvalue weighted by Gasteiger charge is -2.17. The van der Waals surface area contributed by atoms with Crippen molar-refractivity contribution in [2.24, 2.45) is 7.05 Å². The number of aromatic nitrogens is 2. The highest BCUT2D eigenvalue weighted by molar-refractivity contribution is 5.86. The van der Waals surface area contributed by atoms with Crippen LogP contribution in [0.5, 0.6) is 0 Å². The van der Waals surface area contributed by atoms with Crippen LogP contribution >= 0.6 is 0 Å². The molecule has 2 aromatic heterocycles. The molecule has 4 heteroatoms. The maximum absolute atomic E-state index is 12.8. The molecular weight excluding hydrogens is 346 g/mol. The van der Waals surface area contributed by atoms with Gasteiger partial charge in [0.1, 0.15) is 0 Å². The first-order valence-electron chi connectivity index (χ1n) is 9.47. The predicted molar refractivity (Wildman–Crippen MR) is 112 cm³/mol. The van der Waals surface area contributed by atoms with Crippen molar-refractivity contribution in [3.8, 4) is 0 Å². The lowest BCUT2D eigenvalue weighted by Crippen LogP contribution is -2.25. The fourth-order valence-corrected chi connectivity index (χ4v) is 3.70. The van der Waals surface area contributed by atoms with Crippen LogP contribution in [0, 0.1) is 0 Å². The zero-order valence-corrected chi connectivity index (χ0v) is 15.9. The first-order valence-corrected chi connectivity index (χ1v) is 9.47. The third-order valence-corrected chi connectivity index (χ3v) is 5.11. The summed E-state index contributed by atoms with van der Waals surface area (Å²) in [6.07, 6.45) is 6.06. The Hall–Kier alpha value is -3.40. The van der Waals surface area contributed by atoms with Crippen molar-refractivity contribution in [3.63, 3.8) is 0 Å². The van der Waals surface area contributed by atoms with E-state index in [0.29, 0.717) is 13.0 Å². The fraction of sp³-hybridized carbons (Fsp3) is 0.167. The Morgan fingerprint density at radius 1 is 1.04 bits per heavy atom. The smallest absolute Gasteiger partial charge is 0.221 e. The van der Waals surface area contributed by atoms with Crippen molar-refractivity contribution in [2.75, 3.05) is 0 Å². The number of benzene rings is 2. The second-order valence-corrected chi connectivity index (χ2v) is 7.02. The molecule has 1 atom stereocenters. The molecule has 2 heterocycles. The van der Waals surface area contributed by atoms with Crippen molar-refractivity contribution < 1.29 is 4.79 Å². The summed E-state index contributed by atoms with van der Waals surface area (Å²) < 4.78 is 2.13. The Morgan fingerprint density at radius 2 is 1.82 bits per heavy atom. The van der Waals surface area contributed by atoms with E-state index in [1.165, 1.54) is 16.5 Å². The molecule has 28 heavy (non-hydrogen) atoms. The minimum atomic E-state index is 0.00111. The number of fused-ring (bicyclic) bond motifs is 1. The fourth-order valence-electron chi connectivity index (χ4n) is 3.70. The van der Waals surface area contributed by atoms with Crippen LogP contribution in [0.15, 0.2) is 85.3 Å². The molecule has 2 aromatic carbocycles. The molecule has 0 radical (unpaired) electrons. The van der Waals surface area contributed by atoms with Crippen LogP contribution in [0.25, 0.3) is 10.9 Å². The van der Waals surface area contributed by atoms with Gasteiger partial charge in [0.15, 0.2) is 0 Å². The van der Waals surface area contributed by atoms with Crippen LogP contribution < -0.4 is 5.32 Å². The molecule has 0 saturated carbocycles. The Labute approximate surface area is 164 Å². The van der Waals surface area contributed by atoms with Crippen molar-refractivity contribution in [1.82, 2.24) is 14.9 Å². The molecular formula is C24H23N3O. The number of hydrogen-bond acceptors (Lipinski definition) is 2. The van der Waals surface area contributed by atoms with Gasteiger partial charge in [0, 0.05) is 55.4 Å². The molecule has 0 aliphatic heterocycles. The van der Waals surface area contributed by atoms with E-state index in [4.69, 9.17) is 0 Å². The number of amides is 1. The van der Waals surface area contributed by atoms with Gasteiger partial charge in [-0.25, -0.2) is 0 Å². The number of aryl methyl sites for hydroxylation is 1. The van der Waals surface area contributed by atoms with Crippen molar-refractivity contribution in [3.05, 3.63) is 102 Å². The number of pyridine rings is 1. The summed E-state index contributed by atoms with van der Waals surface area (Å²) in [4.78, 5) is 16.9. The van der Waals surface area contributed by atoms with Crippen molar-refractivity contribution in [1.29, 1.82) is 0 Å². The first-order chi connectivity index (χ1) is 13.7. The quantitative estimate of drug-likeness (QED) is 0.547. The number of hydrogen-bond donors (Lipinski definition) is 1. The summed E-state index contributed by atoms with van der Waals surface area (Å²) in [6.45, 7) is 0.490. The highest BCUT2D eigenvalue weighted by Crippen LogP contribution is 2.34. The van der Waals surface area contributed by atoms with E-state index in [0.717, 1.165) is 11.1 Å². The van der Waals surface area contributed by atoms with Gasteiger partial charge >= 0.3 is 0 Å². The molecule has 140 valence electrons. The topological polar surface area (TPSA) is 46.9 Å². The summed E-state index contributed by atoms with van der Waals surface area (Å²) in [5, 5.41) is 4.23. The number of carbonyl (C=O) groups excluding carboxylic acids is 1.